The van der Waals surface area contributed by atoms with Crippen LogP contribution in [0.15, 0.2) is 35.5 Å². The van der Waals surface area contributed by atoms with Crippen LogP contribution in [-0.4, -0.2) is 47.0 Å². The van der Waals surface area contributed by atoms with E-state index in [0.717, 1.165) is 39.2 Å². The maximum atomic E-state index is 13.5. The molecular formula is C24H27F3N8O2. The third-order valence-corrected chi connectivity index (χ3v) is 6.56. The summed E-state index contributed by atoms with van der Waals surface area (Å²) in [6.45, 7) is 2.72. The van der Waals surface area contributed by atoms with Crippen molar-refractivity contribution in [3.8, 4) is 17.1 Å². The zero-order valence-corrected chi connectivity index (χ0v) is 20.7. The molecule has 37 heavy (non-hydrogen) atoms. The number of ether oxygens (including phenoxy) is 1. The van der Waals surface area contributed by atoms with Crippen molar-refractivity contribution in [3.05, 3.63) is 46.6 Å². The highest BCUT2D eigenvalue weighted by atomic mass is 19.4. The second-order valence-electron chi connectivity index (χ2n) is 9.18. The lowest BCUT2D eigenvalue weighted by Gasteiger charge is -2.29. The Bertz CT molecular complexity index is 1480. The van der Waals surface area contributed by atoms with Crippen molar-refractivity contribution in [2.24, 2.45) is 14.1 Å². The lowest BCUT2D eigenvalue weighted by atomic mass is 9.93. The van der Waals surface area contributed by atoms with Gasteiger partial charge < -0.3 is 10.1 Å². The molecule has 1 aliphatic carbocycles. The number of aryl methyl sites for hydroxylation is 2. The molecule has 196 valence electrons. The van der Waals surface area contributed by atoms with Crippen molar-refractivity contribution in [2.75, 3.05) is 11.9 Å². The fraction of sp³-hybridized carbons (Fsp3) is 0.458. The topological polar surface area (TPSA) is 105 Å². The Balaban J connectivity index is 1.41. The Morgan fingerprint density at radius 3 is 2.51 bits per heavy atom. The third-order valence-electron chi connectivity index (χ3n) is 6.56. The monoisotopic (exact) mass is 516 g/mol. The number of nitrogens with one attached hydrogen (secondary N) is 1. The first-order valence-electron chi connectivity index (χ1n) is 12.1. The smallest absolute Gasteiger partial charge is 0.421 e. The van der Waals surface area contributed by atoms with Crippen molar-refractivity contribution >= 4 is 16.7 Å². The molecule has 5 rings (SSSR count). The standard InChI is InChI=1S/C24H27F3N8O2/c1-4-28-20-10-19-17(12-29-20)22(14-11-30-33(2)13-14)31-35(19)15-5-7-16(8-6-15)37-23-18(24(25,26)27)9-21(36)34(3)32-23/h9-13,15-16H,4-8H2,1-3H3,(H,28,29). The van der Waals surface area contributed by atoms with E-state index >= 15 is 0 Å². The van der Waals surface area contributed by atoms with Crippen LogP contribution in [0.2, 0.25) is 0 Å². The molecule has 10 nitrogen and oxygen atoms in total. The summed E-state index contributed by atoms with van der Waals surface area (Å²) in [6.07, 6.45) is 2.60. The molecule has 1 saturated carbocycles. The van der Waals surface area contributed by atoms with Gasteiger partial charge in [0.15, 0.2) is 0 Å². The largest absolute Gasteiger partial charge is 0.473 e. The molecule has 4 heterocycles. The number of halogens is 3. The first kappa shape index (κ1) is 24.8. The summed E-state index contributed by atoms with van der Waals surface area (Å²) in [5.41, 5.74) is 0.585. The van der Waals surface area contributed by atoms with Crippen LogP contribution in [0.1, 0.15) is 44.2 Å². The highest BCUT2D eigenvalue weighted by Crippen LogP contribution is 2.38. The van der Waals surface area contributed by atoms with Gasteiger partial charge >= 0.3 is 6.18 Å². The lowest BCUT2D eigenvalue weighted by molar-refractivity contribution is -0.140. The Labute approximate surface area is 210 Å². The molecule has 4 aromatic rings. The molecule has 0 radical (unpaired) electrons. The number of anilines is 1. The van der Waals surface area contributed by atoms with E-state index in [-0.39, 0.29) is 6.04 Å². The SMILES string of the molecule is CCNc1cc2c(cn1)c(-c1cnn(C)c1)nn2C1CCC(Oc2nn(C)c(=O)cc2C(F)(F)F)CC1. The molecule has 0 aromatic carbocycles. The van der Waals surface area contributed by atoms with E-state index < -0.39 is 29.3 Å². The molecule has 1 N–H and O–H groups in total. The minimum atomic E-state index is -4.73. The Kier molecular flexibility index (Phi) is 6.38. The van der Waals surface area contributed by atoms with Crippen molar-refractivity contribution in [2.45, 2.75) is 50.9 Å². The first-order valence-corrected chi connectivity index (χ1v) is 12.1. The van der Waals surface area contributed by atoms with Gasteiger partial charge in [-0.05, 0) is 32.6 Å². The molecule has 0 unspecified atom stereocenters. The van der Waals surface area contributed by atoms with Gasteiger partial charge in [-0.1, -0.05) is 0 Å². The van der Waals surface area contributed by atoms with E-state index in [2.05, 4.69) is 20.5 Å². The van der Waals surface area contributed by atoms with Crippen LogP contribution in [0.25, 0.3) is 22.2 Å². The molecule has 1 fully saturated rings. The fourth-order valence-corrected chi connectivity index (χ4v) is 4.72. The van der Waals surface area contributed by atoms with Crippen LogP contribution in [0, 0.1) is 0 Å². The first-order chi connectivity index (χ1) is 17.6. The van der Waals surface area contributed by atoms with Crippen LogP contribution in [0.4, 0.5) is 19.0 Å². The van der Waals surface area contributed by atoms with Gasteiger partial charge in [0.25, 0.3) is 5.56 Å². The second kappa shape index (κ2) is 9.52. The summed E-state index contributed by atoms with van der Waals surface area (Å²) < 4.78 is 50.7. The maximum Gasteiger partial charge on any atom is 0.421 e. The second-order valence-corrected chi connectivity index (χ2v) is 9.18. The molecule has 0 amide bonds. The van der Waals surface area contributed by atoms with Gasteiger partial charge in [-0.2, -0.15) is 23.4 Å². The van der Waals surface area contributed by atoms with Crippen molar-refractivity contribution < 1.29 is 17.9 Å². The summed E-state index contributed by atoms with van der Waals surface area (Å²) in [7, 11) is 3.14. The quantitative estimate of drug-likeness (QED) is 0.414. The van der Waals surface area contributed by atoms with Gasteiger partial charge in [-0.3, -0.25) is 14.2 Å². The highest BCUT2D eigenvalue weighted by Gasteiger charge is 2.38. The molecule has 0 saturated heterocycles. The molecule has 13 heteroatoms. The summed E-state index contributed by atoms with van der Waals surface area (Å²) >= 11 is 0. The minimum absolute atomic E-state index is 0.0276. The van der Waals surface area contributed by atoms with Gasteiger partial charge in [-0.25, -0.2) is 9.67 Å². The van der Waals surface area contributed by atoms with Crippen LogP contribution < -0.4 is 15.6 Å². The van der Waals surface area contributed by atoms with E-state index in [1.165, 1.54) is 7.05 Å². The molecule has 0 bridgehead atoms. The van der Waals surface area contributed by atoms with Crippen LogP contribution in [-0.2, 0) is 20.3 Å². The van der Waals surface area contributed by atoms with E-state index in [9.17, 15) is 18.0 Å². The molecule has 0 spiro atoms. The van der Waals surface area contributed by atoms with Gasteiger partial charge in [0.2, 0.25) is 5.88 Å². The number of aromatic nitrogens is 7. The summed E-state index contributed by atoms with van der Waals surface area (Å²) in [6, 6.07) is 2.53. The predicted molar refractivity (Wildman–Crippen MR) is 130 cm³/mol. The van der Waals surface area contributed by atoms with E-state index in [4.69, 9.17) is 9.84 Å². The maximum absolute atomic E-state index is 13.5. The average Bonchev–Trinajstić information content (AvgIpc) is 3.44. The summed E-state index contributed by atoms with van der Waals surface area (Å²) in [5, 5.41) is 17.1. The van der Waals surface area contributed by atoms with Gasteiger partial charge in [0.05, 0.1) is 17.8 Å². The molecule has 4 aromatic heterocycles. The van der Waals surface area contributed by atoms with Crippen LogP contribution in [0.5, 0.6) is 5.88 Å². The van der Waals surface area contributed by atoms with Crippen LogP contribution >= 0.6 is 0 Å². The average molecular weight is 517 g/mol. The highest BCUT2D eigenvalue weighted by molar-refractivity contribution is 5.93. The molecular weight excluding hydrogens is 489 g/mol. The van der Waals surface area contributed by atoms with Crippen LogP contribution in [0.3, 0.4) is 0 Å². The van der Waals surface area contributed by atoms with Crippen molar-refractivity contribution in [1.82, 2.24) is 34.3 Å². The van der Waals surface area contributed by atoms with E-state index in [1.807, 2.05) is 30.9 Å². The predicted octanol–water partition coefficient (Wildman–Crippen LogP) is 3.94. The lowest BCUT2D eigenvalue weighted by Crippen LogP contribution is -2.30. The van der Waals surface area contributed by atoms with Gasteiger partial charge in [0, 0.05) is 56.1 Å². The summed E-state index contributed by atoms with van der Waals surface area (Å²) in [4.78, 5) is 16.2. The zero-order chi connectivity index (χ0) is 26.3. The van der Waals surface area contributed by atoms with Crippen molar-refractivity contribution in [1.29, 1.82) is 0 Å². The minimum Gasteiger partial charge on any atom is -0.473 e. The fourth-order valence-electron chi connectivity index (χ4n) is 4.72. The third kappa shape index (κ3) is 4.89. The Morgan fingerprint density at radius 1 is 1.11 bits per heavy atom. The molecule has 0 atom stereocenters. The normalized spacial score (nSPS) is 18.3. The number of alkyl halides is 3. The Morgan fingerprint density at radius 2 is 1.86 bits per heavy atom. The Hall–Kier alpha value is -3.90. The number of hydrogen-bond donors (Lipinski definition) is 1. The van der Waals surface area contributed by atoms with Gasteiger partial charge in [0.1, 0.15) is 23.2 Å². The molecule has 1 aliphatic rings. The number of hydrogen-bond acceptors (Lipinski definition) is 7. The number of rotatable bonds is 6. The summed E-state index contributed by atoms with van der Waals surface area (Å²) in [5.74, 6) is 0.175. The molecule has 0 aliphatic heterocycles. The number of fused-ring (bicyclic) bond motifs is 1. The van der Waals surface area contributed by atoms with Crippen molar-refractivity contribution in [3.63, 3.8) is 0 Å². The number of pyridine rings is 1. The number of nitrogens with zero attached hydrogens (tertiary/aromatic N) is 7. The zero-order valence-electron chi connectivity index (χ0n) is 20.7. The van der Waals surface area contributed by atoms with E-state index in [0.29, 0.717) is 31.7 Å². The van der Waals surface area contributed by atoms with Gasteiger partial charge in [-0.15, -0.1) is 5.10 Å². The van der Waals surface area contributed by atoms with E-state index in [1.54, 1.807) is 17.1 Å².